The average Bonchev–Trinajstić information content (AvgIpc) is 3.40. The van der Waals surface area contributed by atoms with Gasteiger partial charge in [-0.05, 0) is 52.3 Å². The first-order chi connectivity index (χ1) is 21.3. The molecule has 0 bridgehead atoms. The minimum absolute atomic E-state index is 0.0380. The van der Waals surface area contributed by atoms with Crippen molar-refractivity contribution in [1.82, 2.24) is 14.5 Å². The number of carboxylic acid groups (broad SMARTS) is 1. The fourth-order valence-electron chi connectivity index (χ4n) is 5.77. The number of imidazole rings is 1. The maximum Gasteiger partial charge on any atom is 0.354 e. The van der Waals surface area contributed by atoms with Gasteiger partial charge in [-0.1, -0.05) is 114 Å². The van der Waals surface area contributed by atoms with Crippen LogP contribution >= 0.6 is 0 Å². The Bertz CT molecular complexity index is 2060. The Kier molecular flexibility index (Phi) is 7.32. The molecule has 0 unspecified atom stereocenters. The van der Waals surface area contributed by atoms with Gasteiger partial charge in [0, 0.05) is 16.7 Å². The number of aromatic hydroxyl groups is 1. The zero-order valence-electron chi connectivity index (χ0n) is 26.5. The highest BCUT2D eigenvalue weighted by Crippen LogP contribution is 2.45. The van der Waals surface area contributed by atoms with E-state index in [2.05, 4.69) is 87.5 Å². The summed E-state index contributed by atoms with van der Waals surface area (Å²) in [5, 5.41) is 21.7. The molecule has 45 heavy (non-hydrogen) atoms. The Morgan fingerprint density at radius 2 is 1.36 bits per heavy atom. The minimum Gasteiger partial charge on any atom is -0.507 e. The van der Waals surface area contributed by atoms with E-state index in [9.17, 15) is 15.0 Å². The lowest BCUT2D eigenvalue weighted by atomic mass is 9.79. The molecule has 0 radical (unpaired) electrons. The van der Waals surface area contributed by atoms with Crippen LogP contribution < -0.4 is 0 Å². The standard InChI is InChI=1S/C39H37N3O3/c1-38(2,3)25-22-28(35(43)29(23-25)39(4,5)6)36-41-34-27(30-18-13-19-31(40-30)37(44)45)17-12-21-33(34)42(36)32-20-11-10-16-26(32)24-14-8-7-9-15-24/h7-23,43H,1-6H3,(H,44,45). The molecule has 4 aromatic carbocycles. The number of pyridine rings is 1. The summed E-state index contributed by atoms with van der Waals surface area (Å²) in [5.74, 6) is -0.313. The number of aromatic carboxylic acids is 1. The molecule has 0 aliphatic carbocycles. The van der Waals surface area contributed by atoms with E-state index in [1.807, 2.05) is 48.5 Å². The van der Waals surface area contributed by atoms with Gasteiger partial charge >= 0.3 is 5.97 Å². The predicted octanol–water partition coefficient (Wildman–Crippen LogP) is 9.42. The topological polar surface area (TPSA) is 88.2 Å². The third kappa shape index (κ3) is 5.48. The summed E-state index contributed by atoms with van der Waals surface area (Å²) in [6.07, 6.45) is 0. The SMILES string of the molecule is CC(C)(C)c1cc(-c2nc3c(-c4cccc(C(=O)O)n4)cccc3n2-c2ccccc2-c2ccccc2)c(O)c(C(C)(C)C)c1. The third-order valence-corrected chi connectivity index (χ3v) is 8.18. The van der Waals surface area contributed by atoms with Crippen molar-refractivity contribution in [3.8, 4) is 45.2 Å². The summed E-state index contributed by atoms with van der Waals surface area (Å²) in [5.41, 5.74) is 7.66. The normalized spacial score (nSPS) is 12.0. The molecule has 0 fully saturated rings. The van der Waals surface area contributed by atoms with Crippen molar-refractivity contribution in [3.63, 3.8) is 0 Å². The lowest BCUT2D eigenvalue weighted by molar-refractivity contribution is 0.0690. The van der Waals surface area contributed by atoms with Crippen molar-refractivity contribution in [2.45, 2.75) is 52.4 Å². The van der Waals surface area contributed by atoms with Gasteiger partial charge in [0.25, 0.3) is 0 Å². The van der Waals surface area contributed by atoms with Gasteiger partial charge in [0.15, 0.2) is 0 Å². The van der Waals surface area contributed by atoms with Crippen molar-refractivity contribution in [2.24, 2.45) is 0 Å². The van der Waals surface area contributed by atoms with E-state index in [-0.39, 0.29) is 22.3 Å². The molecule has 6 heteroatoms. The first-order valence-corrected chi connectivity index (χ1v) is 15.1. The van der Waals surface area contributed by atoms with E-state index >= 15 is 0 Å². The van der Waals surface area contributed by atoms with E-state index in [1.165, 1.54) is 6.07 Å². The van der Waals surface area contributed by atoms with E-state index in [1.54, 1.807) is 12.1 Å². The maximum atomic E-state index is 12.0. The smallest absolute Gasteiger partial charge is 0.354 e. The van der Waals surface area contributed by atoms with Crippen LogP contribution in [0.25, 0.3) is 50.5 Å². The van der Waals surface area contributed by atoms with E-state index in [4.69, 9.17) is 4.98 Å². The molecule has 0 spiro atoms. The average molecular weight is 596 g/mol. The summed E-state index contributed by atoms with van der Waals surface area (Å²) in [4.78, 5) is 21.5. The van der Waals surface area contributed by atoms with Crippen LogP contribution in [0.2, 0.25) is 0 Å². The summed E-state index contributed by atoms with van der Waals surface area (Å²) >= 11 is 0. The van der Waals surface area contributed by atoms with Crippen LogP contribution in [0.5, 0.6) is 5.75 Å². The quantitative estimate of drug-likeness (QED) is 0.207. The molecule has 0 saturated carbocycles. The number of nitrogens with zero attached hydrogens (tertiary/aromatic N) is 3. The molecule has 0 atom stereocenters. The molecule has 0 saturated heterocycles. The number of phenolic OH excluding ortho intramolecular Hbond substituents is 1. The van der Waals surface area contributed by atoms with Crippen molar-refractivity contribution >= 4 is 17.0 Å². The Balaban J connectivity index is 1.76. The molecule has 2 N–H and O–H groups in total. The van der Waals surface area contributed by atoms with Gasteiger partial charge in [-0.25, -0.2) is 14.8 Å². The van der Waals surface area contributed by atoms with Crippen molar-refractivity contribution < 1.29 is 15.0 Å². The number of hydrogen-bond acceptors (Lipinski definition) is 4. The first kappa shape index (κ1) is 29.8. The highest BCUT2D eigenvalue weighted by Gasteiger charge is 2.29. The largest absolute Gasteiger partial charge is 0.507 e. The number of carbonyl (C=O) groups is 1. The Morgan fingerprint density at radius 1 is 0.689 bits per heavy atom. The van der Waals surface area contributed by atoms with Gasteiger partial charge in [-0.15, -0.1) is 0 Å². The minimum atomic E-state index is -1.09. The van der Waals surface area contributed by atoms with Gasteiger partial charge in [-0.2, -0.15) is 0 Å². The van der Waals surface area contributed by atoms with E-state index in [0.29, 0.717) is 28.2 Å². The van der Waals surface area contributed by atoms with Crippen molar-refractivity contribution in [1.29, 1.82) is 0 Å². The zero-order chi connectivity index (χ0) is 32.1. The number of phenols is 1. The molecule has 0 aliphatic heterocycles. The zero-order valence-corrected chi connectivity index (χ0v) is 26.5. The second-order valence-electron chi connectivity index (χ2n) is 13.5. The number of rotatable bonds is 5. The third-order valence-electron chi connectivity index (χ3n) is 8.18. The Hall–Kier alpha value is -5.23. The first-order valence-electron chi connectivity index (χ1n) is 15.1. The molecule has 6 rings (SSSR count). The molecule has 6 aromatic rings. The predicted molar refractivity (Wildman–Crippen MR) is 181 cm³/mol. The molecular formula is C39H37N3O3. The fraction of sp³-hybridized carbons (Fsp3) is 0.205. The monoisotopic (exact) mass is 595 g/mol. The Labute approximate surface area is 263 Å². The molecule has 6 nitrogen and oxygen atoms in total. The van der Waals surface area contributed by atoms with Crippen LogP contribution in [0.1, 0.15) is 63.2 Å². The van der Waals surface area contributed by atoms with Gasteiger partial charge in [0.05, 0.1) is 28.0 Å². The van der Waals surface area contributed by atoms with Crippen LogP contribution in [-0.4, -0.2) is 30.7 Å². The second kappa shape index (κ2) is 11.0. The highest BCUT2D eigenvalue weighted by atomic mass is 16.4. The summed E-state index contributed by atoms with van der Waals surface area (Å²) in [6.45, 7) is 12.8. The summed E-state index contributed by atoms with van der Waals surface area (Å²) in [6, 6.07) is 33.4. The summed E-state index contributed by atoms with van der Waals surface area (Å²) in [7, 11) is 0. The molecule has 226 valence electrons. The summed E-state index contributed by atoms with van der Waals surface area (Å²) < 4.78 is 2.11. The van der Waals surface area contributed by atoms with Crippen molar-refractivity contribution in [3.05, 3.63) is 120 Å². The van der Waals surface area contributed by atoms with Crippen LogP contribution in [0.4, 0.5) is 0 Å². The van der Waals surface area contributed by atoms with Crippen LogP contribution in [0, 0.1) is 0 Å². The van der Waals surface area contributed by atoms with Gasteiger partial charge in [0.1, 0.15) is 17.3 Å². The number of hydrogen-bond donors (Lipinski definition) is 2. The van der Waals surface area contributed by atoms with Crippen LogP contribution in [0.15, 0.2) is 103 Å². The van der Waals surface area contributed by atoms with E-state index < -0.39 is 5.97 Å². The van der Waals surface area contributed by atoms with Gasteiger partial charge in [0.2, 0.25) is 0 Å². The van der Waals surface area contributed by atoms with Crippen LogP contribution in [-0.2, 0) is 10.8 Å². The highest BCUT2D eigenvalue weighted by molar-refractivity contribution is 5.97. The molecular weight excluding hydrogens is 558 g/mol. The van der Waals surface area contributed by atoms with Gasteiger partial charge < -0.3 is 10.2 Å². The molecule has 0 amide bonds. The molecule has 2 aromatic heterocycles. The maximum absolute atomic E-state index is 12.0. The number of fused-ring (bicyclic) bond motifs is 1. The van der Waals surface area contributed by atoms with Gasteiger partial charge in [-0.3, -0.25) is 4.57 Å². The number of para-hydroxylation sites is 2. The Morgan fingerprint density at radius 3 is 2.04 bits per heavy atom. The second-order valence-corrected chi connectivity index (χ2v) is 13.5. The lowest BCUT2D eigenvalue weighted by Crippen LogP contribution is -2.17. The number of aromatic nitrogens is 3. The lowest BCUT2D eigenvalue weighted by Gasteiger charge is -2.27. The molecule has 2 heterocycles. The van der Waals surface area contributed by atoms with Crippen LogP contribution in [0.3, 0.4) is 0 Å². The fourth-order valence-corrected chi connectivity index (χ4v) is 5.77. The number of carboxylic acids is 1. The molecule has 0 aliphatic rings. The number of benzene rings is 4. The van der Waals surface area contributed by atoms with E-state index in [0.717, 1.165) is 33.5 Å². The van der Waals surface area contributed by atoms with Crippen molar-refractivity contribution in [2.75, 3.05) is 0 Å².